The highest BCUT2D eigenvalue weighted by atomic mass is 79.9. The van der Waals surface area contributed by atoms with Gasteiger partial charge in [-0.2, -0.15) is 0 Å². The molecule has 0 unspecified atom stereocenters. The van der Waals surface area contributed by atoms with Gasteiger partial charge in [-0.1, -0.05) is 45.8 Å². The molecule has 0 amide bonds. The minimum Gasteiger partial charge on any atom is -0.490 e. The van der Waals surface area contributed by atoms with Gasteiger partial charge in [-0.3, -0.25) is 0 Å². The number of rotatable bonds is 12. The molecule has 2 rings (SSSR count). The Hall–Kier alpha value is -1.60. The molecular weight excluding hydrogens is 408 g/mol. The number of aliphatic hydroxyl groups is 1. The highest BCUT2D eigenvalue weighted by molar-refractivity contribution is 9.10. The molecule has 2 aromatic rings. The van der Waals surface area contributed by atoms with Crippen LogP contribution in [0.15, 0.2) is 40.9 Å². The fourth-order valence-corrected chi connectivity index (χ4v) is 3.12. The molecule has 6 heteroatoms. The van der Waals surface area contributed by atoms with E-state index in [9.17, 15) is 0 Å². The first-order valence-corrected chi connectivity index (χ1v) is 10.1. The number of nitrogens with one attached hydrogen (secondary N) is 2. The highest BCUT2D eigenvalue weighted by Crippen LogP contribution is 2.34. The van der Waals surface area contributed by atoms with Gasteiger partial charge in [0.15, 0.2) is 11.5 Å². The zero-order valence-electron chi connectivity index (χ0n) is 16.1. The van der Waals surface area contributed by atoms with E-state index in [-0.39, 0.29) is 6.61 Å². The lowest BCUT2D eigenvalue weighted by atomic mass is 10.1. The molecule has 2 aromatic carbocycles. The quantitative estimate of drug-likeness (QED) is 0.445. The molecule has 0 aliphatic carbocycles. The van der Waals surface area contributed by atoms with Crippen LogP contribution in [0.2, 0.25) is 0 Å². The number of ether oxygens (including phenoxy) is 2. The van der Waals surface area contributed by atoms with Crippen molar-refractivity contribution in [3.63, 3.8) is 0 Å². The van der Waals surface area contributed by atoms with Crippen LogP contribution in [-0.4, -0.2) is 38.0 Å². The fraction of sp³-hybridized carbons (Fsp3) is 0.429. The van der Waals surface area contributed by atoms with Crippen molar-refractivity contribution >= 4 is 15.9 Å². The molecule has 0 radical (unpaired) electrons. The van der Waals surface area contributed by atoms with Crippen LogP contribution in [0.25, 0.3) is 0 Å². The number of aryl methyl sites for hydroxylation is 1. The fourth-order valence-electron chi connectivity index (χ4n) is 2.66. The standard InChI is InChI=1S/C21H29BrN2O3/c1-3-26-20-12-18(14-24-8-7-23-9-10-25)19(22)13-21(20)27-15-17-6-4-5-16(2)11-17/h4-6,11-13,23-25H,3,7-10,14-15H2,1-2H3. The van der Waals surface area contributed by atoms with E-state index in [1.165, 1.54) is 5.56 Å². The number of benzene rings is 2. The molecule has 0 spiro atoms. The van der Waals surface area contributed by atoms with Crippen molar-refractivity contribution in [1.29, 1.82) is 0 Å². The second-order valence-corrected chi connectivity index (χ2v) is 7.11. The van der Waals surface area contributed by atoms with Crippen LogP contribution >= 0.6 is 15.9 Å². The maximum atomic E-state index is 8.76. The average molecular weight is 437 g/mol. The summed E-state index contributed by atoms with van der Waals surface area (Å²) in [6.07, 6.45) is 0. The van der Waals surface area contributed by atoms with E-state index in [1.54, 1.807) is 0 Å². The van der Waals surface area contributed by atoms with Crippen LogP contribution in [0.5, 0.6) is 11.5 Å². The summed E-state index contributed by atoms with van der Waals surface area (Å²) in [5.74, 6) is 1.49. The lowest BCUT2D eigenvalue weighted by Crippen LogP contribution is -2.28. The Morgan fingerprint density at radius 1 is 1.00 bits per heavy atom. The number of halogens is 1. The van der Waals surface area contributed by atoms with Gasteiger partial charge < -0.3 is 25.2 Å². The predicted octanol–water partition coefficient (Wildman–Crippen LogP) is 3.41. The van der Waals surface area contributed by atoms with Crippen molar-refractivity contribution < 1.29 is 14.6 Å². The third kappa shape index (κ3) is 7.50. The van der Waals surface area contributed by atoms with E-state index in [0.717, 1.165) is 46.7 Å². The summed E-state index contributed by atoms with van der Waals surface area (Å²) in [6, 6.07) is 12.3. The zero-order chi connectivity index (χ0) is 19.5. The summed E-state index contributed by atoms with van der Waals surface area (Å²) in [6.45, 7) is 8.27. The van der Waals surface area contributed by atoms with Crippen molar-refractivity contribution in [2.45, 2.75) is 27.0 Å². The number of aliphatic hydroxyl groups excluding tert-OH is 1. The van der Waals surface area contributed by atoms with Gasteiger partial charge >= 0.3 is 0 Å². The molecule has 0 atom stereocenters. The second kappa shape index (κ2) is 12.0. The van der Waals surface area contributed by atoms with Crippen LogP contribution in [0.3, 0.4) is 0 Å². The van der Waals surface area contributed by atoms with E-state index in [4.69, 9.17) is 14.6 Å². The van der Waals surface area contributed by atoms with Crippen molar-refractivity contribution in [2.24, 2.45) is 0 Å². The number of hydrogen-bond donors (Lipinski definition) is 3. The van der Waals surface area contributed by atoms with Crippen molar-refractivity contribution in [2.75, 3.05) is 32.8 Å². The van der Waals surface area contributed by atoms with Gasteiger partial charge in [0.2, 0.25) is 0 Å². The maximum Gasteiger partial charge on any atom is 0.162 e. The SMILES string of the molecule is CCOc1cc(CNCCNCCO)c(Br)cc1OCc1cccc(C)c1. The summed E-state index contributed by atoms with van der Waals surface area (Å²) in [4.78, 5) is 0. The summed E-state index contributed by atoms with van der Waals surface area (Å²) in [5, 5.41) is 15.3. The van der Waals surface area contributed by atoms with Crippen LogP contribution in [0.4, 0.5) is 0 Å². The first kappa shape index (κ1) is 21.7. The van der Waals surface area contributed by atoms with Gasteiger partial charge in [-0.15, -0.1) is 0 Å². The Bertz CT molecular complexity index is 710. The Balaban J connectivity index is 1.99. The topological polar surface area (TPSA) is 62.8 Å². The molecule has 148 valence electrons. The molecule has 0 fully saturated rings. The van der Waals surface area contributed by atoms with Crippen LogP contribution in [-0.2, 0) is 13.2 Å². The molecule has 5 nitrogen and oxygen atoms in total. The Morgan fingerprint density at radius 2 is 1.78 bits per heavy atom. The lowest BCUT2D eigenvalue weighted by molar-refractivity contribution is 0.268. The van der Waals surface area contributed by atoms with Gasteiger partial charge in [-0.25, -0.2) is 0 Å². The smallest absolute Gasteiger partial charge is 0.162 e. The molecule has 0 saturated carbocycles. The third-order valence-corrected chi connectivity index (χ3v) is 4.71. The summed E-state index contributed by atoms with van der Waals surface area (Å²) in [7, 11) is 0. The molecule has 0 aliphatic rings. The summed E-state index contributed by atoms with van der Waals surface area (Å²) < 4.78 is 12.8. The first-order valence-electron chi connectivity index (χ1n) is 9.30. The number of hydrogen-bond acceptors (Lipinski definition) is 5. The van der Waals surface area contributed by atoms with E-state index in [2.05, 4.69) is 51.7 Å². The van der Waals surface area contributed by atoms with Gasteiger partial charge in [0, 0.05) is 30.7 Å². The van der Waals surface area contributed by atoms with Crippen LogP contribution in [0, 0.1) is 6.92 Å². The van der Waals surface area contributed by atoms with Crippen molar-refractivity contribution in [3.05, 3.63) is 57.6 Å². The maximum absolute atomic E-state index is 8.76. The van der Waals surface area contributed by atoms with E-state index >= 15 is 0 Å². The van der Waals surface area contributed by atoms with Crippen molar-refractivity contribution in [3.8, 4) is 11.5 Å². The average Bonchev–Trinajstić information content (AvgIpc) is 2.65. The second-order valence-electron chi connectivity index (χ2n) is 6.25. The lowest BCUT2D eigenvalue weighted by Gasteiger charge is -2.16. The minimum atomic E-state index is 0.160. The molecule has 0 aromatic heterocycles. The molecule has 0 bridgehead atoms. The largest absolute Gasteiger partial charge is 0.490 e. The van der Waals surface area contributed by atoms with Gasteiger partial charge in [0.25, 0.3) is 0 Å². The van der Waals surface area contributed by atoms with Gasteiger partial charge in [-0.05, 0) is 37.1 Å². The van der Waals surface area contributed by atoms with Crippen LogP contribution in [0.1, 0.15) is 23.6 Å². The molecule has 27 heavy (non-hydrogen) atoms. The summed E-state index contributed by atoms with van der Waals surface area (Å²) >= 11 is 3.64. The van der Waals surface area contributed by atoms with Gasteiger partial charge in [0.05, 0.1) is 13.2 Å². The molecular formula is C21H29BrN2O3. The zero-order valence-corrected chi connectivity index (χ0v) is 17.6. The van der Waals surface area contributed by atoms with Gasteiger partial charge in [0.1, 0.15) is 6.61 Å². The van der Waals surface area contributed by atoms with E-state index in [0.29, 0.717) is 19.8 Å². The highest BCUT2D eigenvalue weighted by Gasteiger charge is 2.11. The summed E-state index contributed by atoms with van der Waals surface area (Å²) in [5.41, 5.74) is 3.47. The molecule has 0 heterocycles. The van der Waals surface area contributed by atoms with Crippen LogP contribution < -0.4 is 20.1 Å². The Kier molecular flexibility index (Phi) is 9.62. The predicted molar refractivity (Wildman–Crippen MR) is 112 cm³/mol. The third-order valence-electron chi connectivity index (χ3n) is 3.97. The molecule has 0 saturated heterocycles. The normalized spacial score (nSPS) is 10.8. The monoisotopic (exact) mass is 436 g/mol. The van der Waals surface area contributed by atoms with Crippen molar-refractivity contribution in [1.82, 2.24) is 10.6 Å². The first-order chi connectivity index (χ1) is 13.1. The Morgan fingerprint density at radius 3 is 2.52 bits per heavy atom. The molecule has 0 aliphatic heterocycles. The molecule has 3 N–H and O–H groups in total. The van der Waals surface area contributed by atoms with E-state index < -0.39 is 0 Å². The minimum absolute atomic E-state index is 0.160. The Labute approximate surface area is 170 Å². The van der Waals surface area contributed by atoms with E-state index in [1.807, 2.05) is 25.1 Å².